The Kier molecular flexibility index (Phi) is 9.68. The highest BCUT2D eigenvalue weighted by atomic mass is 15.0. The Balaban J connectivity index is 0.837. The third-order valence-electron chi connectivity index (χ3n) is 17.0. The first kappa shape index (κ1) is 43.6. The molecule has 0 fully saturated rings. The predicted molar refractivity (Wildman–Crippen MR) is 320 cm³/mol. The largest absolute Gasteiger partial charge is 0.309 e. The molecule has 1 spiro atoms. The molecule has 3 heterocycles. The summed E-state index contributed by atoms with van der Waals surface area (Å²) in [6.45, 7) is 0. The van der Waals surface area contributed by atoms with E-state index in [0.717, 1.165) is 35.5 Å². The van der Waals surface area contributed by atoms with E-state index in [9.17, 15) is 0 Å². The summed E-state index contributed by atoms with van der Waals surface area (Å²) in [5, 5.41) is 5.06. The fourth-order valence-corrected chi connectivity index (χ4v) is 13.4. The van der Waals surface area contributed by atoms with Crippen LogP contribution in [-0.4, -0.2) is 14.1 Å². The van der Waals surface area contributed by atoms with E-state index in [4.69, 9.17) is 0 Å². The van der Waals surface area contributed by atoms with Gasteiger partial charge in [0.1, 0.15) is 0 Å². The Morgan fingerprint density at radius 2 is 0.662 bits per heavy atom. The minimum absolute atomic E-state index is 0.204. The average molecular weight is 980 g/mol. The Bertz CT molecular complexity index is 4360. The van der Waals surface area contributed by atoms with E-state index in [-0.39, 0.29) is 5.41 Å². The second-order valence-corrected chi connectivity index (χ2v) is 21.2. The maximum absolute atomic E-state index is 4.69. The Morgan fingerprint density at radius 1 is 0.286 bits per heavy atom. The van der Waals surface area contributed by atoms with Gasteiger partial charge in [-0.3, -0.25) is 4.98 Å². The van der Waals surface area contributed by atoms with Crippen LogP contribution < -0.4 is 0 Å². The van der Waals surface area contributed by atoms with E-state index in [1.165, 1.54) is 122 Å². The standard InChI is InChI=1S/C74H49N3/c1-2-15-55-47-74(46-54(55)14-1)67-44-51(50-16-13-17-53(40-50)69-22-11-12-39-75-69)31-37-61(67)62-38-32-52(45-68(62)74)58-42-56(48-27-33-59(34-28-48)76-70-23-7-3-18-63(70)64-19-4-8-24-71(64)76)41-57(43-58)49-29-35-60(36-30-49)77-72-25-9-5-20-65(72)66-21-6-10-26-73(66)77/h1-45H,46-47H2. The molecule has 0 saturated heterocycles. The summed E-state index contributed by atoms with van der Waals surface area (Å²) in [4.78, 5) is 4.69. The van der Waals surface area contributed by atoms with Gasteiger partial charge in [-0.05, 0) is 188 Å². The molecular weight excluding hydrogens is 931 g/mol. The number of para-hydroxylation sites is 4. The molecule has 0 atom stereocenters. The minimum Gasteiger partial charge on any atom is -0.309 e. The van der Waals surface area contributed by atoms with Crippen molar-refractivity contribution in [1.82, 2.24) is 14.1 Å². The van der Waals surface area contributed by atoms with Crippen LogP contribution >= 0.6 is 0 Å². The summed E-state index contributed by atoms with van der Waals surface area (Å²) in [5.74, 6) is 0. The first-order valence-corrected chi connectivity index (χ1v) is 26.8. The number of nitrogens with zero attached hydrogens (tertiary/aromatic N) is 3. The number of pyridine rings is 1. The van der Waals surface area contributed by atoms with E-state index >= 15 is 0 Å². The van der Waals surface area contributed by atoms with Crippen molar-refractivity contribution in [2.75, 3.05) is 0 Å². The zero-order valence-electron chi connectivity index (χ0n) is 42.2. The molecule has 0 unspecified atom stereocenters. The van der Waals surface area contributed by atoms with E-state index in [1.54, 1.807) is 0 Å². The normalized spacial score (nSPS) is 13.2. The van der Waals surface area contributed by atoms with Crippen LogP contribution in [0.15, 0.2) is 273 Å². The van der Waals surface area contributed by atoms with Crippen LogP contribution in [0.4, 0.5) is 0 Å². The number of aromatic nitrogens is 3. The molecule has 360 valence electrons. The topological polar surface area (TPSA) is 22.8 Å². The molecule has 3 aromatic heterocycles. The van der Waals surface area contributed by atoms with E-state index in [0.29, 0.717) is 0 Å². The molecule has 0 saturated carbocycles. The van der Waals surface area contributed by atoms with Gasteiger partial charge in [-0.15, -0.1) is 0 Å². The lowest BCUT2D eigenvalue weighted by Crippen LogP contribution is -2.26. The molecule has 3 nitrogen and oxygen atoms in total. The van der Waals surface area contributed by atoms with Gasteiger partial charge in [0.15, 0.2) is 0 Å². The van der Waals surface area contributed by atoms with Crippen LogP contribution in [0.3, 0.4) is 0 Å². The van der Waals surface area contributed by atoms with Crippen LogP contribution in [0.5, 0.6) is 0 Å². The second kappa shape index (κ2) is 17.1. The number of benzene rings is 11. The average Bonchev–Trinajstić information content (AvgIpc) is 4.27. The maximum atomic E-state index is 4.69. The third-order valence-corrected chi connectivity index (χ3v) is 17.0. The summed E-state index contributed by atoms with van der Waals surface area (Å²) in [6, 6.07) is 99.2. The number of hydrogen-bond donors (Lipinski definition) is 0. The SMILES string of the molecule is c1ccc(-c2cccc(-c3ccc4c(c3)C3(Cc5ccccc5C3)c3cc(-c5cc(-c6ccc(-n7c8ccccc8c8ccccc87)cc6)cc(-c6ccc(-n7c8ccccc8c8ccccc87)cc6)c5)ccc3-4)c2)nc1. The molecule has 16 rings (SSSR count). The van der Waals surface area contributed by atoms with Crippen LogP contribution in [0.2, 0.25) is 0 Å². The van der Waals surface area contributed by atoms with E-state index < -0.39 is 0 Å². The van der Waals surface area contributed by atoms with Crippen molar-refractivity contribution in [1.29, 1.82) is 0 Å². The number of fused-ring (bicyclic) bond motifs is 12. The summed E-state index contributed by atoms with van der Waals surface area (Å²) >= 11 is 0. The lowest BCUT2D eigenvalue weighted by atomic mass is 9.74. The van der Waals surface area contributed by atoms with E-state index in [1.807, 2.05) is 12.3 Å². The predicted octanol–water partition coefficient (Wildman–Crippen LogP) is 18.7. The number of hydrogen-bond acceptors (Lipinski definition) is 1. The van der Waals surface area contributed by atoms with E-state index in [2.05, 4.69) is 275 Å². The molecular formula is C74H49N3. The second-order valence-electron chi connectivity index (χ2n) is 21.2. The van der Waals surface area contributed by atoms with Crippen molar-refractivity contribution in [2.45, 2.75) is 18.3 Å². The summed E-state index contributed by atoms with van der Waals surface area (Å²) in [6.07, 6.45) is 3.80. The van der Waals surface area contributed by atoms with Gasteiger partial charge in [-0.2, -0.15) is 0 Å². The molecule has 0 N–H and O–H groups in total. The van der Waals surface area contributed by atoms with Crippen molar-refractivity contribution in [3.63, 3.8) is 0 Å². The van der Waals surface area contributed by atoms with Crippen molar-refractivity contribution < 1.29 is 0 Å². The van der Waals surface area contributed by atoms with Crippen molar-refractivity contribution in [3.8, 4) is 78.3 Å². The molecule has 0 amide bonds. The van der Waals surface area contributed by atoms with Gasteiger partial charge in [-0.1, -0.05) is 170 Å². The lowest BCUT2D eigenvalue weighted by molar-refractivity contribution is 0.564. The fourth-order valence-electron chi connectivity index (χ4n) is 13.4. The zero-order valence-corrected chi connectivity index (χ0v) is 42.2. The van der Waals surface area contributed by atoms with Crippen molar-refractivity contribution in [3.05, 3.63) is 295 Å². The first-order valence-electron chi connectivity index (χ1n) is 26.8. The first-order chi connectivity index (χ1) is 38.1. The zero-order chi connectivity index (χ0) is 50.6. The monoisotopic (exact) mass is 979 g/mol. The van der Waals surface area contributed by atoms with Gasteiger partial charge in [0.25, 0.3) is 0 Å². The Morgan fingerprint density at radius 3 is 1.13 bits per heavy atom. The van der Waals surface area contributed by atoms with Gasteiger partial charge in [0.05, 0.1) is 27.8 Å². The highest BCUT2D eigenvalue weighted by Gasteiger charge is 2.47. The van der Waals surface area contributed by atoms with Crippen LogP contribution in [0, 0.1) is 0 Å². The molecule has 3 heteroatoms. The molecule has 0 bridgehead atoms. The molecule has 11 aromatic carbocycles. The Hall–Kier alpha value is -9.83. The Labute approximate surface area is 447 Å². The molecule has 77 heavy (non-hydrogen) atoms. The lowest BCUT2D eigenvalue weighted by Gasteiger charge is -2.28. The smallest absolute Gasteiger partial charge is 0.0702 e. The van der Waals surface area contributed by atoms with Gasteiger partial charge < -0.3 is 9.13 Å². The van der Waals surface area contributed by atoms with Gasteiger partial charge in [0, 0.05) is 50.1 Å². The third kappa shape index (κ3) is 6.87. The summed E-state index contributed by atoms with van der Waals surface area (Å²) < 4.78 is 4.80. The molecule has 2 aliphatic carbocycles. The summed E-state index contributed by atoms with van der Waals surface area (Å²) in [5.41, 5.74) is 27.0. The molecule has 2 aliphatic rings. The minimum atomic E-state index is -0.204. The fraction of sp³-hybridized carbons (Fsp3) is 0.0405. The molecule has 0 radical (unpaired) electrons. The van der Waals surface area contributed by atoms with Crippen molar-refractivity contribution >= 4 is 43.6 Å². The molecule has 14 aromatic rings. The quantitative estimate of drug-likeness (QED) is 0.156. The van der Waals surface area contributed by atoms with Gasteiger partial charge >= 0.3 is 0 Å². The highest BCUT2D eigenvalue weighted by molar-refractivity contribution is 6.10. The van der Waals surface area contributed by atoms with Crippen molar-refractivity contribution in [2.24, 2.45) is 0 Å². The van der Waals surface area contributed by atoms with Crippen LogP contribution in [0.1, 0.15) is 22.3 Å². The van der Waals surface area contributed by atoms with Gasteiger partial charge in [0.2, 0.25) is 0 Å². The van der Waals surface area contributed by atoms with Gasteiger partial charge in [-0.25, -0.2) is 0 Å². The summed E-state index contributed by atoms with van der Waals surface area (Å²) in [7, 11) is 0. The maximum Gasteiger partial charge on any atom is 0.0702 e. The van der Waals surface area contributed by atoms with Crippen LogP contribution in [-0.2, 0) is 18.3 Å². The van der Waals surface area contributed by atoms with Crippen LogP contribution in [0.25, 0.3) is 122 Å². The number of rotatable bonds is 7. The molecule has 0 aliphatic heterocycles. The highest BCUT2D eigenvalue weighted by Crippen LogP contribution is 2.57.